The predicted molar refractivity (Wildman–Crippen MR) is 117 cm³/mol. The third-order valence-corrected chi connectivity index (χ3v) is 5.25. The summed E-state index contributed by atoms with van der Waals surface area (Å²) in [6.45, 7) is 2.01. The molecule has 0 atom stereocenters. The number of anilines is 1. The van der Waals surface area contributed by atoms with Gasteiger partial charge in [-0.05, 0) is 31.2 Å². The second kappa shape index (κ2) is 8.38. The van der Waals surface area contributed by atoms with Crippen LogP contribution in [-0.4, -0.2) is 34.9 Å². The number of thiazole rings is 1. The number of nitrogens with one attached hydrogen (secondary N) is 1. The summed E-state index contributed by atoms with van der Waals surface area (Å²) in [6.07, 6.45) is 1.68. The third-order valence-electron chi connectivity index (χ3n) is 4.49. The van der Waals surface area contributed by atoms with E-state index in [2.05, 4.69) is 15.4 Å². The number of benzene rings is 2. The van der Waals surface area contributed by atoms with Gasteiger partial charge in [0.05, 0.1) is 31.8 Å². The zero-order valence-corrected chi connectivity index (χ0v) is 17.6. The van der Waals surface area contributed by atoms with E-state index >= 15 is 0 Å². The first-order valence-corrected chi connectivity index (χ1v) is 10.1. The Morgan fingerprint density at radius 1 is 1.07 bits per heavy atom. The Labute approximate surface area is 177 Å². The molecule has 1 N–H and O–H groups in total. The van der Waals surface area contributed by atoms with Crippen LogP contribution in [-0.2, 0) is 0 Å². The Kier molecular flexibility index (Phi) is 5.49. The molecule has 8 heteroatoms. The molecule has 0 aliphatic heterocycles. The number of aryl methyl sites for hydroxylation is 1. The first kappa shape index (κ1) is 19.7. The fraction of sp³-hybridized carbons (Fsp3) is 0.136. The van der Waals surface area contributed by atoms with Crippen molar-refractivity contribution < 1.29 is 14.3 Å². The molecule has 2 aromatic carbocycles. The second-order valence-corrected chi connectivity index (χ2v) is 7.38. The molecule has 0 aliphatic rings. The summed E-state index contributed by atoms with van der Waals surface area (Å²) in [5.74, 6) is 0.721. The molecule has 0 bridgehead atoms. The summed E-state index contributed by atoms with van der Waals surface area (Å²) in [4.78, 5) is 17.4. The first-order chi connectivity index (χ1) is 14.6. The Balaban J connectivity index is 1.59. The molecule has 30 heavy (non-hydrogen) atoms. The summed E-state index contributed by atoms with van der Waals surface area (Å²) >= 11 is 1.34. The lowest BCUT2D eigenvalue weighted by Crippen LogP contribution is -2.14. The number of methoxy groups -OCH3 is 2. The van der Waals surface area contributed by atoms with Gasteiger partial charge >= 0.3 is 0 Å². The zero-order chi connectivity index (χ0) is 21.1. The number of carbonyl (C=O) groups is 1. The summed E-state index contributed by atoms with van der Waals surface area (Å²) in [6, 6.07) is 15.4. The number of hydrogen-bond acceptors (Lipinski definition) is 6. The van der Waals surface area contributed by atoms with Gasteiger partial charge in [-0.2, -0.15) is 5.10 Å². The van der Waals surface area contributed by atoms with Gasteiger partial charge in [-0.25, -0.2) is 9.67 Å². The van der Waals surface area contributed by atoms with Crippen LogP contribution >= 0.6 is 11.3 Å². The van der Waals surface area contributed by atoms with E-state index in [4.69, 9.17) is 9.47 Å². The van der Waals surface area contributed by atoms with E-state index in [1.807, 2.05) is 60.8 Å². The summed E-state index contributed by atoms with van der Waals surface area (Å²) < 4.78 is 12.4. The molecule has 0 spiro atoms. The number of para-hydroxylation sites is 1. The number of aromatic nitrogens is 3. The van der Waals surface area contributed by atoms with Crippen LogP contribution < -0.4 is 14.8 Å². The average Bonchev–Trinajstić information content (AvgIpc) is 3.41. The molecule has 1 amide bonds. The normalized spacial score (nSPS) is 10.6. The topological polar surface area (TPSA) is 78.3 Å². The molecule has 152 valence electrons. The van der Waals surface area contributed by atoms with Crippen molar-refractivity contribution >= 4 is 22.4 Å². The maximum atomic E-state index is 12.8. The minimum Gasteiger partial charge on any atom is -0.496 e. The summed E-state index contributed by atoms with van der Waals surface area (Å²) in [5.41, 5.74) is 3.72. The van der Waals surface area contributed by atoms with Crippen molar-refractivity contribution in [2.24, 2.45) is 0 Å². The fourth-order valence-corrected chi connectivity index (χ4v) is 3.72. The molecule has 0 aliphatic carbocycles. The van der Waals surface area contributed by atoms with Gasteiger partial charge in [0.2, 0.25) is 0 Å². The van der Waals surface area contributed by atoms with Crippen molar-refractivity contribution in [3.63, 3.8) is 0 Å². The molecule has 2 aromatic heterocycles. The molecule has 7 nitrogen and oxygen atoms in total. The Morgan fingerprint density at radius 3 is 2.57 bits per heavy atom. The summed E-state index contributed by atoms with van der Waals surface area (Å²) in [7, 11) is 3.13. The molecule has 0 unspecified atom stereocenters. The van der Waals surface area contributed by atoms with Crippen molar-refractivity contribution in [2.45, 2.75) is 6.92 Å². The maximum absolute atomic E-state index is 12.8. The number of ether oxygens (including phenoxy) is 2. The van der Waals surface area contributed by atoms with Gasteiger partial charge in [-0.15, -0.1) is 11.3 Å². The van der Waals surface area contributed by atoms with Gasteiger partial charge in [-0.3, -0.25) is 10.1 Å². The highest BCUT2D eigenvalue weighted by atomic mass is 32.1. The Morgan fingerprint density at radius 2 is 1.83 bits per heavy atom. The monoisotopic (exact) mass is 420 g/mol. The van der Waals surface area contributed by atoms with Crippen molar-refractivity contribution in [3.8, 4) is 28.4 Å². The average molecular weight is 420 g/mol. The van der Waals surface area contributed by atoms with E-state index < -0.39 is 5.91 Å². The molecular formula is C22H20N4O3S. The molecule has 0 saturated carbocycles. The van der Waals surface area contributed by atoms with Gasteiger partial charge < -0.3 is 9.47 Å². The van der Waals surface area contributed by atoms with E-state index in [1.54, 1.807) is 18.0 Å². The minimum absolute atomic E-state index is 0.186. The number of amides is 1. The highest BCUT2D eigenvalue weighted by Gasteiger charge is 2.20. The predicted octanol–water partition coefficient (Wildman–Crippen LogP) is 4.57. The van der Waals surface area contributed by atoms with Crippen LogP contribution in [0.15, 0.2) is 60.1 Å². The van der Waals surface area contributed by atoms with Gasteiger partial charge in [0.25, 0.3) is 5.91 Å². The van der Waals surface area contributed by atoms with E-state index in [0.29, 0.717) is 10.9 Å². The molecular weight excluding hydrogens is 400 g/mol. The van der Waals surface area contributed by atoms with Crippen LogP contribution in [0.5, 0.6) is 11.5 Å². The number of rotatable bonds is 6. The van der Waals surface area contributed by atoms with E-state index in [1.165, 1.54) is 18.4 Å². The van der Waals surface area contributed by atoms with Crippen LogP contribution in [0, 0.1) is 6.92 Å². The molecule has 2 heterocycles. The lowest BCUT2D eigenvalue weighted by Gasteiger charge is -2.07. The van der Waals surface area contributed by atoms with Crippen LogP contribution in [0.4, 0.5) is 5.13 Å². The van der Waals surface area contributed by atoms with Gasteiger partial charge in [0, 0.05) is 10.9 Å². The van der Waals surface area contributed by atoms with Gasteiger partial charge in [0.1, 0.15) is 5.75 Å². The van der Waals surface area contributed by atoms with Gasteiger partial charge in [0.15, 0.2) is 16.6 Å². The summed E-state index contributed by atoms with van der Waals surface area (Å²) in [5, 5.41) is 9.55. The molecule has 0 radical (unpaired) electrons. The van der Waals surface area contributed by atoms with E-state index in [0.717, 1.165) is 28.3 Å². The lowest BCUT2D eigenvalue weighted by atomic mass is 10.1. The Bertz CT molecular complexity index is 1180. The first-order valence-electron chi connectivity index (χ1n) is 9.20. The smallest absolute Gasteiger partial charge is 0.281 e. The van der Waals surface area contributed by atoms with Crippen LogP contribution in [0.25, 0.3) is 16.9 Å². The van der Waals surface area contributed by atoms with Crippen molar-refractivity contribution in [1.29, 1.82) is 0 Å². The fourth-order valence-electron chi connectivity index (χ4n) is 3.01. The highest BCUT2D eigenvalue weighted by Crippen LogP contribution is 2.33. The van der Waals surface area contributed by atoms with Crippen LogP contribution in [0.1, 0.15) is 16.1 Å². The Hall–Kier alpha value is -3.65. The quantitative estimate of drug-likeness (QED) is 0.494. The standard InChI is InChI=1S/C22H20N4O3S/c1-14-9-10-18(28-2)16(11-14)17-13-30-22(23-17)24-21(27)20-19(29-3)12-26(25-20)15-7-5-4-6-8-15/h4-13H,1-3H3,(H,23,24,27). The maximum Gasteiger partial charge on any atom is 0.281 e. The molecule has 0 saturated heterocycles. The van der Waals surface area contributed by atoms with Crippen LogP contribution in [0.3, 0.4) is 0 Å². The van der Waals surface area contributed by atoms with E-state index in [9.17, 15) is 4.79 Å². The van der Waals surface area contributed by atoms with Crippen molar-refractivity contribution in [3.05, 3.63) is 71.4 Å². The van der Waals surface area contributed by atoms with Crippen molar-refractivity contribution in [1.82, 2.24) is 14.8 Å². The molecule has 0 fully saturated rings. The molecule has 4 aromatic rings. The molecule has 4 rings (SSSR count). The van der Waals surface area contributed by atoms with Crippen LogP contribution in [0.2, 0.25) is 0 Å². The SMILES string of the molecule is COc1ccc(C)cc1-c1csc(NC(=O)c2nn(-c3ccccc3)cc2OC)n1. The van der Waals surface area contributed by atoms with Crippen molar-refractivity contribution in [2.75, 3.05) is 19.5 Å². The van der Waals surface area contributed by atoms with E-state index in [-0.39, 0.29) is 5.69 Å². The number of carbonyl (C=O) groups excluding carboxylic acids is 1. The second-order valence-electron chi connectivity index (χ2n) is 6.52. The number of hydrogen-bond donors (Lipinski definition) is 1. The highest BCUT2D eigenvalue weighted by molar-refractivity contribution is 7.14. The van der Waals surface area contributed by atoms with Gasteiger partial charge in [-0.1, -0.05) is 29.8 Å². The lowest BCUT2D eigenvalue weighted by molar-refractivity contribution is 0.101. The zero-order valence-electron chi connectivity index (χ0n) is 16.7. The minimum atomic E-state index is -0.390. The largest absolute Gasteiger partial charge is 0.496 e. The third kappa shape index (κ3) is 3.90. The number of nitrogens with zero attached hydrogens (tertiary/aromatic N) is 3.